The Morgan fingerprint density at radius 2 is 1.92 bits per heavy atom. The van der Waals surface area contributed by atoms with Crippen LogP contribution in [-0.4, -0.2) is 25.9 Å². The number of amides is 1. The van der Waals surface area contributed by atoms with Gasteiger partial charge in [0.15, 0.2) is 10.9 Å². The van der Waals surface area contributed by atoms with Crippen molar-refractivity contribution in [2.75, 3.05) is 5.32 Å². The van der Waals surface area contributed by atoms with Gasteiger partial charge in [0, 0.05) is 7.05 Å². The molecule has 0 saturated carbocycles. The summed E-state index contributed by atoms with van der Waals surface area (Å²) in [6, 6.07) is 15.2. The van der Waals surface area contributed by atoms with Gasteiger partial charge in [-0.25, -0.2) is 0 Å². The minimum absolute atomic E-state index is 0.127. The van der Waals surface area contributed by atoms with Gasteiger partial charge in [-0.15, -0.1) is 10.2 Å². The number of hydrogen-bond acceptors (Lipinski definition) is 5. The van der Waals surface area contributed by atoms with Crippen molar-refractivity contribution in [2.24, 2.45) is 7.05 Å². The van der Waals surface area contributed by atoms with Crippen LogP contribution in [0.25, 0.3) is 0 Å². The SMILES string of the molecule is Cc1ccc(Oc2ccccc2NC(=O)C(C)Sc2nncn2C)cc1. The van der Waals surface area contributed by atoms with Gasteiger partial charge in [0.05, 0.1) is 10.9 Å². The number of benzene rings is 2. The minimum Gasteiger partial charge on any atom is -0.455 e. The monoisotopic (exact) mass is 368 g/mol. The highest BCUT2D eigenvalue weighted by atomic mass is 32.2. The fourth-order valence-electron chi connectivity index (χ4n) is 2.22. The summed E-state index contributed by atoms with van der Waals surface area (Å²) >= 11 is 1.35. The Balaban J connectivity index is 1.70. The molecular weight excluding hydrogens is 348 g/mol. The summed E-state index contributed by atoms with van der Waals surface area (Å²) in [5, 5.41) is 11.1. The second-order valence-corrected chi connectivity index (χ2v) is 7.19. The van der Waals surface area contributed by atoms with Gasteiger partial charge in [0.25, 0.3) is 0 Å². The van der Waals surface area contributed by atoms with Crippen LogP contribution >= 0.6 is 11.8 Å². The van der Waals surface area contributed by atoms with E-state index in [1.807, 2.05) is 69.4 Å². The molecule has 1 unspecified atom stereocenters. The van der Waals surface area contributed by atoms with Crippen LogP contribution < -0.4 is 10.1 Å². The van der Waals surface area contributed by atoms with Crippen molar-refractivity contribution < 1.29 is 9.53 Å². The van der Waals surface area contributed by atoms with Crippen molar-refractivity contribution in [2.45, 2.75) is 24.3 Å². The molecule has 0 radical (unpaired) electrons. The Morgan fingerprint density at radius 3 is 2.62 bits per heavy atom. The summed E-state index contributed by atoms with van der Waals surface area (Å²) in [6.45, 7) is 3.85. The van der Waals surface area contributed by atoms with Crippen LogP contribution in [0, 0.1) is 6.92 Å². The number of nitrogens with zero attached hydrogens (tertiary/aromatic N) is 3. The molecule has 0 aliphatic carbocycles. The van der Waals surface area contributed by atoms with Crippen molar-refractivity contribution in [3.63, 3.8) is 0 Å². The molecule has 7 heteroatoms. The number of thioether (sulfide) groups is 1. The van der Waals surface area contributed by atoms with Crippen molar-refractivity contribution in [1.29, 1.82) is 0 Å². The lowest BCUT2D eigenvalue weighted by Gasteiger charge is -2.15. The molecule has 1 atom stereocenters. The van der Waals surface area contributed by atoms with E-state index in [1.165, 1.54) is 11.8 Å². The molecule has 0 spiro atoms. The molecular formula is C19H20N4O2S. The molecule has 26 heavy (non-hydrogen) atoms. The van der Waals surface area contributed by atoms with Gasteiger partial charge in [-0.1, -0.05) is 41.6 Å². The molecule has 1 N–H and O–H groups in total. The van der Waals surface area contributed by atoms with Crippen molar-refractivity contribution in [3.8, 4) is 11.5 Å². The third-order valence-corrected chi connectivity index (χ3v) is 4.86. The highest BCUT2D eigenvalue weighted by Gasteiger charge is 2.18. The molecule has 0 aliphatic heterocycles. The topological polar surface area (TPSA) is 69.0 Å². The average molecular weight is 368 g/mol. The lowest BCUT2D eigenvalue weighted by Crippen LogP contribution is -2.23. The van der Waals surface area contributed by atoms with Gasteiger partial charge in [-0.05, 0) is 38.1 Å². The van der Waals surface area contributed by atoms with Crippen LogP contribution in [0.4, 0.5) is 5.69 Å². The van der Waals surface area contributed by atoms with Crippen LogP contribution in [0.1, 0.15) is 12.5 Å². The van der Waals surface area contributed by atoms with Crippen LogP contribution in [0.3, 0.4) is 0 Å². The van der Waals surface area contributed by atoms with Gasteiger partial charge in [0.2, 0.25) is 5.91 Å². The Labute approximate surface area is 156 Å². The van der Waals surface area contributed by atoms with Gasteiger partial charge in [0.1, 0.15) is 12.1 Å². The summed E-state index contributed by atoms with van der Waals surface area (Å²) in [7, 11) is 1.84. The van der Waals surface area contributed by atoms with Crippen molar-refractivity contribution in [1.82, 2.24) is 14.8 Å². The largest absolute Gasteiger partial charge is 0.455 e. The van der Waals surface area contributed by atoms with Gasteiger partial charge >= 0.3 is 0 Å². The molecule has 0 aliphatic rings. The second kappa shape index (κ2) is 8.05. The number of carbonyl (C=O) groups excluding carboxylic acids is 1. The maximum atomic E-state index is 12.6. The number of aryl methyl sites for hydroxylation is 2. The number of ether oxygens (including phenoxy) is 1. The maximum Gasteiger partial charge on any atom is 0.237 e. The van der Waals surface area contributed by atoms with E-state index in [0.29, 0.717) is 16.6 Å². The predicted molar refractivity (Wildman–Crippen MR) is 103 cm³/mol. The molecule has 134 valence electrons. The van der Waals surface area contributed by atoms with Crippen LogP contribution in [0.2, 0.25) is 0 Å². The third kappa shape index (κ3) is 4.43. The molecule has 6 nitrogen and oxygen atoms in total. The van der Waals surface area contributed by atoms with E-state index in [9.17, 15) is 4.79 Å². The molecule has 0 bridgehead atoms. The van der Waals surface area contributed by atoms with E-state index >= 15 is 0 Å². The van der Waals surface area contributed by atoms with E-state index in [1.54, 1.807) is 10.9 Å². The average Bonchev–Trinajstić information content (AvgIpc) is 3.03. The lowest BCUT2D eigenvalue weighted by molar-refractivity contribution is -0.115. The fourth-order valence-corrected chi connectivity index (χ4v) is 3.01. The summed E-state index contributed by atoms with van der Waals surface area (Å²) < 4.78 is 7.70. The summed E-state index contributed by atoms with van der Waals surface area (Å²) in [6.07, 6.45) is 1.61. The molecule has 0 saturated heterocycles. The smallest absolute Gasteiger partial charge is 0.237 e. The third-order valence-electron chi connectivity index (χ3n) is 3.71. The van der Waals surface area contributed by atoms with E-state index in [2.05, 4.69) is 15.5 Å². The zero-order valence-electron chi connectivity index (χ0n) is 14.8. The number of nitrogens with one attached hydrogen (secondary N) is 1. The van der Waals surface area contributed by atoms with Crippen molar-refractivity contribution >= 4 is 23.4 Å². The van der Waals surface area contributed by atoms with Crippen molar-refractivity contribution in [3.05, 3.63) is 60.4 Å². The van der Waals surface area contributed by atoms with Crippen LogP contribution in [0.15, 0.2) is 60.0 Å². The molecule has 0 fully saturated rings. The number of rotatable bonds is 6. The standard InChI is InChI=1S/C19H20N4O2S/c1-13-8-10-15(11-9-13)25-17-7-5-4-6-16(17)21-18(24)14(2)26-19-22-20-12-23(19)3/h4-12,14H,1-3H3,(H,21,24). The molecule has 2 aromatic carbocycles. The van der Waals surface area contributed by atoms with E-state index < -0.39 is 0 Å². The zero-order chi connectivity index (χ0) is 18.5. The number of anilines is 1. The summed E-state index contributed by atoms with van der Waals surface area (Å²) in [5.74, 6) is 1.19. The van der Waals surface area contributed by atoms with E-state index in [0.717, 1.165) is 11.3 Å². The Hall–Kier alpha value is -2.80. The first-order valence-electron chi connectivity index (χ1n) is 8.18. The highest BCUT2D eigenvalue weighted by Crippen LogP contribution is 2.30. The first-order chi connectivity index (χ1) is 12.5. The maximum absolute atomic E-state index is 12.6. The summed E-state index contributed by atoms with van der Waals surface area (Å²) in [5.41, 5.74) is 1.79. The normalized spacial score (nSPS) is 11.8. The fraction of sp³-hybridized carbons (Fsp3) is 0.211. The molecule has 3 aromatic rings. The van der Waals surface area contributed by atoms with Gasteiger partial charge in [-0.2, -0.15) is 0 Å². The number of carbonyl (C=O) groups is 1. The lowest BCUT2D eigenvalue weighted by atomic mass is 10.2. The zero-order valence-corrected chi connectivity index (χ0v) is 15.7. The minimum atomic E-state index is -0.328. The first-order valence-corrected chi connectivity index (χ1v) is 9.06. The Kier molecular flexibility index (Phi) is 5.58. The highest BCUT2D eigenvalue weighted by molar-refractivity contribution is 8.00. The van der Waals surface area contributed by atoms with Gasteiger partial charge < -0.3 is 14.6 Å². The van der Waals surface area contributed by atoms with E-state index in [4.69, 9.17) is 4.74 Å². The molecule has 1 aromatic heterocycles. The number of aromatic nitrogens is 3. The molecule has 1 heterocycles. The molecule has 1 amide bonds. The Bertz CT molecular complexity index is 893. The number of hydrogen-bond donors (Lipinski definition) is 1. The van der Waals surface area contributed by atoms with Crippen LogP contribution in [-0.2, 0) is 11.8 Å². The van der Waals surface area contributed by atoms with Gasteiger partial charge in [-0.3, -0.25) is 4.79 Å². The Morgan fingerprint density at radius 1 is 1.19 bits per heavy atom. The quantitative estimate of drug-likeness (QED) is 0.665. The van der Waals surface area contributed by atoms with Crippen LogP contribution in [0.5, 0.6) is 11.5 Å². The summed E-state index contributed by atoms with van der Waals surface area (Å²) in [4.78, 5) is 12.6. The molecule has 3 rings (SSSR count). The second-order valence-electron chi connectivity index (χ2n) is 5.89. The predicted octanol–water partition coefficient (Wildman–Crippen LogP) is 4.04. The van der Waals surface area contributed by atoms with E-state index in [-0.39, 0.29) is 11.2 Å². The first kappa shape index (κ1) is 18.0. The number of para-hydroxylation sites is 2.